The highest BCUT2D eigenvalue weighted by Gasteiger charge is 2.57. The lowest BCUT2D eigenvalue weighted by Crippen LogP contribution is -2.64. The van der Waals surface area contributed by atoms with Crippen LogP contribution in [0.25, 0.3) is 0 Å². The molecule has 0 aromatic rings. The summed E-state index contributed by atoms with van der Waals surface area (Å²) in [5.41, 5.74) is -2.06. The number of carbonyl (C=O) groups is 2. The van der Waals surface area contributed by atoms with Gasteiger partial charge in [-0.25, -0.2) is 4.79 Å². The maximum absolute atomic E-state index is 13.4. The third-order valence-electron chi connectivity index (χ3n) is 4.74. The number of ether oxygens (including phenoxy) is 2. The molecular weight excluding hydrogens is 334 g/mol. The molecule has 0 saturated carbocycles. The van der Waals surface area contributed by atoms with Gasteiger partial charge in [0.15, 0.2) is 0 Å². The second kappa shape index (κ2) is 7.00. The molecule has 0 aromatic carbocycles. The second-order valence-corrected chi connectivity index (χ2v) is 9.76. The van der Waals surface area contributed by atoms with E-state index >= 15 is 0 Å². The summed E-state index contributed by atoms with van der Waals surface area (Å²) in [5.74, 6) is -0.0801. The third kappa shape index (κ3) is 4.31. The predicted molar refractivity (Wildman–Crippen MR) is 99.7 cm³/mol. The highest BCUT2D eigenvalue weighted by Crippen LogP contribution is 2.39. The summed E-state index contributed by atoms with van der Waals surface area (Å²) in [4.78, 5) is 29.8. The fourth-order valence-electron chi connectivity index (χ4n) is 3.51. The van der Waals surface area contributed by atoms with Gasteiger partial charge in [-0.15, -0.1) is 0 Å². The van der Waals surface area contributed by atoms with E-state index in [2.05, 4.69) is 12.2 Å². The number of piperazine rings is 1. The van der Waals surface area contributed by atoms with Crippen LogP contribution in [0, 0.1) is 5.41 Å². The van der Waals surface area contributed by atoms with Gasteiger partial charge in [-0.2, -0.15) is 0 Å². The Morgan fingerprint density at radius 3 is 2.31 bits per heavy atom. The smallest absolute Gasteiger partial charge is 0.413 e. The molecule has 0 unspecified atom stereocenters. The van der Waals surface area contributed by atoms with Crippen LogP contribution in [0.1, 0.15) is 55.4 Å². The molecule has 2 amide bonds. The van der Waals surface area contributed by atoms with E-state index in [1.165, 1.54) is 4.90 Å². The maximum Gasteiger partial charge on any atom is 0.413 e. The minimum absolute atomic E-state index is 0.0801. The van der Waals surface area contributed by atoms with Crippen LogP contribution < -0.4 is 5.32 Å². The number of nitrogens with one attached hydrogen (secondary N) is 1. The van der Waals surface area contributed by atoms with Gasteiger partial charge in [-0.05, 0) is 34.6 Å². The largest absolute Gasteiger partial charge is 0.444 e. The Morgan fingerprint density at radius 2 is 1.81 bits per heavy atom. The average molecular weight is 370 g/mol. The van der Waals surface area contributed by atoms with Gasteiger partial charge in [0.05, 0.1) is 6.61 Å². The highest BCUT2D eigenvalue weighted by molar-refractivity contribution is 5.90. The Hall–Kier alpha value is -1.34. The minimum atomic E-state index is -1.07. The lowest BCUT2D eigenvalue weighted by Gasteiger charge is -2.43. The van der Waals surface area contributed by atoms with Crippen LogP contribution in [0.2, 0.25) is 0 Å². The first kappa shape index (κ1) is 21.0. The monoisotopic (exact) mass is 369 g/mol. The van der Waals surface area contributed by atoms with Crippen LogP contribution >= 0.6 is 0 Å². The normalized spacial score (nSPS) is 30.5. The van der Waals surface area contributed by atoms with Crippen molar-refractivity contribution in [3.63, 3.8) is 0 Å². The minimum Gasteiger partial charge on any atom is -0.444 e. The summed E-state index contributed by atoms with van der Waals surface area (Å²) in [6.07, 6.45) is -1.03. The Labute approximate surface area is 157 Å². The summed E-state index contributed by atoms with van der Waals surface area (Å²) < 4.78 is 11.6. The zero-order valence-corrected chi connectivity index (χ0v) is 17.5. The van der Waals surface area contributed by atoms with Crippen molar-refractivity contribution in [2.75, 3.05) is 26.2 Å². The Morgan fingerprint density at radius 1 is 1.19 bits per heavy atom. The molecule has 0 bridgehead atoms. The summed E-state index contributed by atoms with van der Waals surface area (Å²) >= 11 is 0. The predicted octanol–water partition coefficient (Wildman–Crippen LogP) is 2.20. The molecule has 3 atom stereocenters. The van der Waals surface area contributed by atoms with Crippen molar-refractivity contribution in [2.24, 2.45) is 5.41 Å². The summed E-state index contributed by atoms with van der Waals surface area (Å²) in [5, 5.41) is 3.34. The van der Waals surface area contributed by atoms with Crippen molar-refractivity contribution in [3.05, 3.63) is 0 Å². The van der Waals surface area contributed by atoms with E-state index in [9.17, 15) is 9.59 Å². The zero-order valence-electron chi connectivity index (χ0n) is 17.5. The number of hydrogen-bond acceptors (Lipinski definition) is 5. The van der Waals surface area contributed by atoms with Gasteiger partial charge in [0.25, 0.3) is 5.91 Å². The fourth-order valence-corrected chi connectivity index (χ4v) is 3.51. The van der Waals surface area contributed by atoms with Crippen LogP contribution in [-0.2, 0) is 14.3 Å². The number of rotatable bonds is 1. The van der Waals surface area contributed by atoms with Crippen molar-refractivity contribution < 1.29 is 19.1 Å². The second-order valence-electron chi connectivity index (χ2n) is 9.76. The number of carbonyl (C=O) groups excluding carboxylic acids is 2. The molecule has 0 aromatic heterocycles. The standard InChI is InChI=1S/C19H35N3O4/c1-13-11-21(10-9-20-13)14(23)19(8)12-25-15(17(2,3)4)22(19)16(24)26-18(5,6)7/h13,15,20H,9-12H2,1-8H3/t13-,15-,19+/m1/s1. The van der Waals surface area contributed by atoms with Crippen molar-refractivity contribution in [2.45, 2.75) is 78.8 Å². The Bertz CT molecular complexity index is 552. The highest BCUT2D eigenvalue weighted by atomic mass is 16.6. The van der Waals surface area contributed by atoms with Crippen molar-refractivity contribution >= 4 is 12.0 Å². The molecule has 150 valence electrons. The van der Waals surface area contributed by atoms with E-state index in [0.717, 1.165) is 6.54 Å². The SMILES string of the molecule is C[C@@H]1CN(C(=O)[C@]2(C)CO[C@H](C(C)(C)C)N2C(=O)OC(C)(C)C)CCN1. The molecule has 0 aliphatic carbocycles. The van der Waals surface area contributed by atoms with E-state index in [0.29, 0.717) is 13.1 Å². The number of hydrogen-bond donors (Lipinski definition) is 1. The zero-order chi connectivity index (χ0) is 19.9. The van der Waals surface area contributed by atoms with Gasteiger partial charge in [0.1, 0.15) is 17.4 Å². The van der Waals surface area contributed by atoms with Gasteiger partial charge in [-0.1, -0.05) is 20.8 Å². The van der Waals surface area contributed by atoms with Crippen LogP contribution in [0.4, 0.5) is 4.79 Å². The van der Waals surface area contributed by atoms with Gasteiger partial charge in [0.2, 0.25) is 0 Å². The molecule has 2 heterocycles. The topological polar surface area (TPSA) is 71.1 Å². The molecule has 2 aliphatic heterocycles. The quantitative estimate of drug-likeness (QED) is 0.767. The molecule has 7 nitrogen and oxygen atoms in total. The number of nitrogens with zero attached hydrogens (tertiary/aromatic N) is 2. The summed E-state index contributed by atoms with van der Waals surface area (Å²) in [6.45, 7) is 17.5. The average Bonchev–Trinajstić information content (AvgIpc) is 2.84. The third-order valence-corrected chi connectivity index (χ3v) is 4.74. The van der Waals surface area contributed by atoms with Gasteiger partial charge in [0, 0.05) is 31.1 Å². The maximum atomic E-state index is 13.4. The molecule has 2 saturated heterocycles. The first-order valence-corrected chi connectivity index (χ1v) is 9.42. The van der Waals surface area contributed by atoms with Crippen LogP contribution in [0.5, 0.6) is 0 Å². The van der Waals surface area contributed by atoms with Gasteiger partial charge in [-0.3, -0.25) is 9.69 Å². The molecule has 26 heavy (non-hydrogen) atoms. The fraction of sp³-hybridized carbons (Fsp3) is 0.895. The van der Waals surface area contributed by atoms with Crippen molar-refractivity contribution in [3.8, 4) is 0 Å². The lowest BCUT2D eigenvalue weighted by molar-refractivity contribution is -0.144. The summed E-state index contributed by atoms with van der Waals surface area (Å²) in [7, 11) is 0. The Balaban J connectivity index is 2.34. The first-order valence-electron chi connectivity index (χ1n) is 9.42. The van der Waals surface area contributed by atoms with Gasteiger partial charge < -0.3 is 19.7 Å². The van der Waals surface area contributed by atoms with Crippen molar-refractivity contribution in [1.29, 1.82) is 0 Å². The molecule has 2 fully saturated rings. The van der Waals surface area contributed by atoms with Crippen LogP contribution in [0.3, 0.4) is 0 Å². The first-order chi connectivity index (χ1) is 11.8. The molecule has 0 radical (unpaired) electrons. The molecule has 7 heteroatoms. The summed E-state index contributed by atoms with van der Waals surface area (Å²) in [6, 6.07) is 0.229. The van der Waals surface area contributed by atoms with E-state index in [4.69, 9.17) is 9.47 Å². The van der Waals surface area contributed by atoms with Crippen LogP contribution in [0.15, 0.2) is 0 Å². The molecule has 2 rings (SSSR count). The Kier molecular flexibility index (Phi) is 5.64. The van der Waals surface area contributed by atoms with Crippen molar-refractivity contribution in [1.82, 2.24) is 15.1 Å². The van der Waals surface area contributed by atoms with E-state index in [-0.39, 0.29) is 24.0 Å². The molecular formula is C19H35N3O4. The lowest BCUT2D eigenvalue weighted by atomic mass is 9.91. The van der Waals surface area contributed by atoms with E-state index < -0.39 is 23.5 Å². The van der Waals surface area contributed by atoms with Gasteiger partial charge >= 0.3 is 6.09 Å². The number of amides is 2. The molecule has 2 aliphatic rings. The molecule has 1 N–H and O–H groups in total. The van der Waals surface area contributed by atoms with E-state index in [1.54, 1.807) is 6.92 Å². The molecule has 0 spiro atoms. The van der Waals surface area contributed by atoms with E-state index in [1.807, 2.05) is 46.4 Å². The van der Waals surface area contributed by atoms with Crippen LogP contribution in [-0.4, -0.2) is 71.5 Å².